The minimum absolute atomic E-state index is 0.133. The summed E-state index contributed by atoms with van der Waals surface area (Å²) in [6.07, 6.45) is 0. The third kappa shape index (κ3) is 2.20. The highest BCUT2D eigenvalue weighted by Gasteiger charge is 2.10. The Hall–Kier alpha value is -0.100. The van der Waals surface area contributed by atoms with E-state index in [-0.39, 0.29) is 3.76 Å². The van der Waals surface area contributed by atoms with Crippen molar-refractivity contribution in [3.05, 3.63) is 29.8 Å². The molecule has 0 amide bonds. The second-order valence-corrected chi connectivity index (χ2v) is 6.32. The van der Waals surface area contributed by atoms with E-state index in [0.717, 1.165) is 5.56 Å². The molecular weight excluding hydrogens is 287 g/mol. The Bertz CT molecular complexity index is 353. The molecule has 0 heterocycles. The first kappa shape index (κ1) is 9.98. The maximum atomic E-state index is 11.3. The molecule has 0 radical (unpaired) electrons. The van der Waals surface area contributed by atoms with Crippen LogP contribution in [0, 0.1) is 6.92 Å². The number of hydrogen-bond donors (Lipinski definition) is 0. The van der Waals surface area contributed by atoms with Crippen LogP contribution in [0.25, 0.3) is 0 Å². The Morgan fingerprint density at radius 1 is 1.25 bits per heavy atom. The van der Waals surface area contributed by atoms with Crippen molar-refractivity contribution in [1.29, 1.82) is 0 Å². The molecule has 0 atom stereocenters. The molecule has 0 spiro atoms. The largest absolute Gasteiger partial charge is 0.223 e. The molecule has 0 unspecified atom stereocenters. The molecule has 4 heteroatoms. The van der Waals surface area contributed by atoms with Crippen LogP contribution in [-0.4, -0.2) is 12.2 Å². The van der Waals surface area contributed by atoms with Crippen molar-refractivity contribution < 1.29 is 8.42 Å². The van der Waals surface area contributed by atoms with Crippen molar-refractivity contribution in [2.45, 2.75) is 11.8 Å². The Balaban J connectivity index is 3.14. The summed E-state index contributed by atoms with van der Waals surface area (Å²) < 4.78 is 22.7. The molecule has 0 saturated heterocycles. The zero-order valence-electron chi connectivity index (χ0n) is 6.62. The highest BCUT2D eigenvalue weighted by atomic mass is 127. The van der Waals surface area contributed by atoms with Crippen molar-refractivity contribution in [1.82, 2.24) is 0 Å². The third-order valence-corrected chi connectivity index (χ3v) is 5.26. The molecule has 12 heavy (non-hydrogen) atoms. The van der Waals surface area contributed by atoms with Gasteiger partial charge in [-0.2, -0.15) is 0 Å². The van der Waals surface area contributed by atoms with Gasteiger partial charge in [-0.1, -0.05) is 40.3 Å². The Kier molecular flexibility index (Phi) is 3.11. The van der Waals surface area contributed by atoms with E-state index in [4.69, 9.17) is 0 Å². The minimum atomic E-state index is -3.03. The maximum Gasteiger partial charge on any atom is 0.187 e. The number of hydrogen-bond acceptors (Lipinski definition) is 2. The van der Waals surface area contributed by atoms with E-state index in [1.165, 1.54) is 0 Å². The summed E-state index contributed by atoms with van der Waals surface area (Å²) in [5, 5.41) is 0. The fourth-order valence-electron chi connectivity index (χ4n) is 0.809. The topological polar surface area (TPSA) is 34.1 Å². The van der Waals surface area contributed by atoms with Crippen LogP contribution in [0.3, 0.4) is 0 Å². The van der Waals surface area contributed by atoms with Gasteiger partial charge >= 0.3 is 0 Å². The van der Waals surface area contributed by atoms with E-state index in [2.05, 4.69) is 0 Å². The summed E-state index contributed by atoms with van der Waals surface area (Å²) in [7, 11) is -3.03. The van der Waals surface area contributed by atoms with Gasteiger partial charge in [0.2, 0.25) is 0 Å². The van der Waals surface area contributed by atoms with E-state index < -0.39 is 9.84 Å². The summed E-state index contributed by atoms with van der Waals surface area (Å²) in [5.41, 5.74) is 1.07. The Morgan fingerprint density at radius 2 is 1.75 bits per heavy atom. The first-order valence-corrected chi connectivity index (χ1v) is 6.59. The zero-order valence-corrected chi connectivity index (χ0v) is 9.59. The first-order valence-electron chi connectivity index (χ1n) is 3.41. The molecule has 1 aromatic carbocycles. The van der Waals surface area contributed by atoms with Gasteiger partial charge in [0.25, 0.3) is 0 Å². The lowest BCUT2D eigenvalue weighted by Crippen LogP contribution is -2.00. The quantitative estimate of drug-likeness (QED) is 0.619. The maximum absolute atomic E-state index is 11.3. The lowest BCUT2D eigenvalue weighted by atomic mass is 10.2. The number of alkyl halides is 1. The summed E-state index contributed by atoms with van der Waals surface area (Å²) in [4.78, 5) is 0.405. The van der Waals surface area contributed by atoms with E-state index in [1.54, 1.807) is 24.3 Å². The van der Waals surface area contributed by atoms with Gasteiger partial charge in [-0.05, 0) is 19.1 Å². The van der Waals surface area contributed by atoms with Gasteiger partial charge in [-0.15, -0.1) is 0 Å². The van der Waals surface area contributed by atoms with Crippen LogP contribution in [0.2, 0.25) is 0 Å². The minimum Gasteiger partial charge on any atom is -0.223 e. The van der Waals surface area contributed by atoms with Crippen molar-refractivity contribution in [3.63, 3.8) is 0 Å². The summed E-state index contributed by atoms with van der Waals surface area (Å²) >= 11 is 1.85. The van der Waals surface area contributed by atoms with Crippen molar-refractivity contribution >= 4 is 32.4 Å². The lowest BCUT2D eigenvalue weighted by Gasteiger charge is -1.99. The van der Waals surface area contributed by atoms with Gasteiger partial charge in [0.05, 0.1) is 4.90 Å². The lowest BCUT2D eigenvalue weighted by molar-refractivity contribution is 0.601. The fourth-order valence-corrected chi connectivity index (χ4v) is 2.56. The van der Waals surface area contributed by atoms with Crippen LogP contribution in [0.15, 0.2) is 29.2 Å². The van der Waals surface area contributed by atoms with Crippen LogP contribution < -0.4 is 0 Å². The number of halogens is 1. The van der Waals surface area contributed by atoms with E-state index >= 15 is 0 Å². The van der Waals surface area contributed by atoms with Gasteiger partial charge in [0, 0.05) is 0 Å². The number of sulfone groups is 1. The smallest absolute Gasteiger partial charge is 0.187 e. The van der Waals surface area contributed by atoms with E-state index in [9.17, 15) is 8.42 Å². The number of aryl methyl sites for hydroxylation is 1. The second kappa shape index (κ2) is 3.74. The number of benzene rings is 1. The molecule has 0 bridgehead atoms. The molecule has 0 aliphatic rings. The van der Waals surface area contributed by atoms with Crippen LogP contribution in [0.5, 0.6) is 0 Å². The Labute approximate surface area is 86.0 Å². The van der Waals surface area contributed by atoms with Crippen molar-refractivity contribution in [3.8, 4) is 0 Å². The summed E-state index contributed by atoms with van der Waals surface area (Å²) in [6.45, 7) is 1.93. The predicted octanol–water partition coefficient (Wildman–Crippen LogP) is 2.16. The average molecular weight is 296 g/mol. The molecule has 0 fully saturated rings. The molecule has 66 valence electrons. The Morgan fingerprint density at radius 3 is 2.17 bits per heavy atom. The molecule has 1 rings (SSSR count). The van der Waals surface area contributed by atoms with Gasteiger partial charge in [-0.25, -0.2) is 8.42 Å². The first-order chi connectivity index (χ1) is 5.56. The number of rotatable bonds is 2. The standard InChI is InChI=1S/C8H9IO2S/c1-7-2-4-8(5-3-7)12(10,11)6-9/h2-5H,6H2,1H3. The fraction of sp³-hybridized carbons (Fsp3) is 0.250. The molecule has 0 aromatic heterocycles. The molecule has 0 saturated carbocycles. The van der Waals surface area contributed by atoms with Crippen LogP contribution in [0.4, 0.5) is 0 Å². The highest BCUT2D eigenvalue weighted by Crippen LogP contribution is 2.13. The molecule has 1 aromatic rings. The molecule has 2 nitrogen and oxygen atoms in total. The monoisotopic (exact) mass is 296 g/mol. The van der Waals surface area contributed by atoms with Gasteiger partial charge < -0.3 is 0 Å². The van der Waals surface area contributed by atoms with E-state index in [0.29, 0.717) is 4.90 Å². The molecular formula is C8H9IO2S. The predicted molar refractivity (Wildman–Crippen MR) is 57.3 cm³/mol. The summed E-state index contributed by atoms with van der Waals surface area (Å²) in [5.74, 6) is 0. The van der Waals surface area contributed by atoms with Gasteiger partial charge in [-0.3, -0.25) is 0 Å². The highest BCUT2D eigenvalue weighted by molar-refractivity contribution is 14.1. The van der Waals surface area contributed by atoms with Crippen LogP contribution >= 0.6 is 22.6 Å². The SMILES string of the molecule is Cc1ccc(S(=O)(=O)CI)cc1. The van der Waals surface area contributed by atoms with Crippen molar-refractivity contribution in [2.75, 3.05) is 3.76 Å². The molecule has 0 N–H and O–H groups in total. The molecule has 0 aliphatic carbocycles. The third-order valence-electron chi connectivity index (χ3n) is 1.52. The van der Waals surface area contributed by atoms with Gasteiger partial charge in [0.15, 0.2) is 9.84 Å². The van der Waals surface area contributed by atoms with Crippen LogP contribution in [-0.2, 0) is 9.84 Å². The normalized spacial score (nSPS) is 11.5. The second-order valence-electron chi connectivity index (χ2n) is 2.54. The molecule has 0 aliphatic heterocycles. The summed E-state index contributed by atoms with van der Waals surface area (Å²) in [6, 6.07) is 6.89. The van der Waals surface area contributed by atoms with Gasteiger partial charge in [0.1, 0.15) is 3.76 Å². The van der Waals surface area contributed by atoms with Crippen molar-refractivity contribution in [2.24, 2.45) is 0 Å². The van der Waals surface area contributed by atoms with E-state index in [1.807, 2.05) is 29.5 Å². The zero-order chi connectivity index (χ0) is 9.19. The van der Waals surface area contributed by atoms with Crippen LogP contribution in [0.1, 0.15) is 5.56 Å². The average Bonchev–Trinajstić information content (AvgIpc) is 2.05.